The number of hydrogen-bond donors (Lipinski definition) is 0. The highest BCUT2D eigenvalue weighted by atomic mass is 35.5. The molecular weight excluding hydrogens is 216 g/mol. The number of carbonyl (C=O) groups excluding carboxylic acids is 1. The summed E-state index contributed by atoms with van der Waals surface area (Å²) in [5.74, 6) is 0.589. The third-order valence-electron chi connectivity index (χ3n) is 2.14. The van der Waals surface area contributed by atoms with E-state index >= 15 is 0 Å². The molecule has 1 aliphatic rings. The van der Waals surface area contributed by atoms with Gasteiger partial charge in [0.15, 0.2) is 5.69 Å². The molecule has 0 saturated heterocycles. The Morgan fingerprint density at radius 1 is 1.60 bits per heavy atom. The zero-order valence-electron chi connectivity index (χ0n) is 8.36. The molecule has 0 unspecified atom stereocenters. The van der Waals surface area contributed by atoms with E-state index in [2.05, 4.69) is 9.97 Å². The highest BCUT2D eigenvalue weighted by Crippen LogP contribution is 2.38. The molecule has 1 heterocycles. The van der Waals surface area contributed by atoms with E-state index in [1.807, 2.05) is 0 Å². The number of rotatable bonds is 3. The number of nitrogens with zero attached hydrogens (tertiary/aromatic N) is 2. The monoisotopic (exact) mass is 226 g/mol. The average molecular weight is 227 g/mol. The molecule has 2 rings (SSSR count). The van der Waals surface area contributed by atoms with Crippen molar-refractivity contribution in [3.63, 3.8) is 0 Å². The lowest BCUT2D eigenvalue weighted by atomic mass is 10.3. The highest BCUT2D eigenvalue weighted by molar-refractivity contribution is 6.29. The van der Waals surface area contributed by atoms with Gasteiger partial charge < -0.3 is 4.74 Å². The summed E-state index contributed by atoms with van der Waals surface area (Å²) in [4.78, 5) is 19.6. The number of halogens is 1. The van der Waals surface area contributed by atoms with Crippen molar-refractivity contribution < 1.29 is 9.53 Å². The minimum absolute atomic E-state index is 0.249. The van der Waals surface area contributed by atoms with Crippen LogP contribution in [0.4, 0.5) is 0 Å². The van der Waals surface area contributed by atoms with Gasteiger partial charge in [0.05, 0.1) is 6.61 Å². The molecule has 80 valence electrons. The van der Waals surface area contributed by atoms with Crippen molar-refractivity contribution in [2.75, 3.05) is 6.61 Å². The van der Waals surface area contributed by atoms with Crippen LogP contribution >= 0.6 is 11.6 Å². The summed E-state index contributed by atoms with van der Waals surface area (Å²) in [6.07, 6.45) is 2.14. The van der Waals surface area contributed by atoms with E-state index in [4.69, 9.17) is 16.3 Å². The van der Waals surface area contributed by atoms with Crippen LogP contribution in [0.1, 0.15) is 42.0 Å². The number of ether oxygens (including phenoxy) is 1. The molecule has 1 fully saturated rings. The zero-order valence-corrected chi connectivity index (χ0v) is 9.12. The zero-order chi connectivity index (χ0) is 10.8. The summed E-state index contributed by atoms with van der Waals surface area (Å²) in [6, 6.07) is 1.44. The molecule has 1 aliphatic carbocycles. The van der Waals surface area contributed by atoms with Crippen molar-refractivity contribution in [2.45, 2.75) is 25.7 Å². The van der Waals surface area contributed by atoms with Gasteiger partial charge in [-0.3, -0.25) is 0 Å². The van der Waals surface area contributed by atoms with Crippen LogP contribution in [0.5, 0.6) is 0 Å². The molecule has 0 bridgehead atoms. The molecule has 1 aromatic heterocycles. The fourth-order valence-corrected chi connectivity index (χ4v) is 1.46. The molecule has 0 aliphatic heterocycles. The predicted molar refractivity (Wildman–Crippen MR) is 55.0 cm³/mol. The smallest absolute Gasteiger partial charge is 0.357 e. The number of esters is 1. The Morgan fingerprint density at radius 2 is 2.33 bits per heavy atom. The van der Waals surface area contributed by atoms with E-state index in [0.29, 0.717) is 23.5 Å². The standard InChI is InChI=1S/C10H11ClN2O2/c1-2-15-10(14)7-5-8(11)13-9(12-7)6-3-4-6/h5-6H,2-4H2,1H3. The van der Waals surface area contributed by atoms with E-state index in [1.165, 1.54) is 6.07 Å². The molecule has 0 radical (unpaired) electrons. The summed E-state index contributed by atoms with van der Waals surface area (Å²) in [7, 11) is 0. The number of carbonyl (C=O) groups is 1. The van der Waals surface area contributed by atoms with Gasteiger partial charge in [-0.05, 0) is 19.8 Å². The van der Waals surface area contributed by atoms with E-state index in [1.54, 1.807) is 6.92 Å². The summed E-state index contributed by atoms with van der Waals surface area (Å²) in [5, 5.41) is 0.301. The molecule has 0 amide bonds. The SMILES string of the molecule is CCOC(=O)c1cc(Cl)nc(C2CC2)n1. The first-order chi connectivity index (χ1) is 7.20. The molecule has 5 heteroatoms. The maximum atomic E-state index is 11.4. The van der Waals surface area contributed by atoms with Crippen molar-refractivity contribution in [2.24, 2.45) is 0 Å². The Hall–Kier alpha value is -1.16. The third kappa shape index (κ3) is 2.45. The lowest BCUT2D eigenvalue weighted by Crippen LogP contribution is -2.09. The Balaban J connectivity index is 2.26. The van der Waals surface area contributed by atoms with Crippen LogP contribution in [0.25, 0.3) is 0 Å². The van der Waals surface area contributed by atoms with E-state index in [0.717, 1.165) is 12.8 Å². The second kappa shape index (κ2) is 4.14. The van der Waals surface area contributed by atoms with Gasteiger partial charge >= 0.3 is 5.97 Å². The molecule has 0 aromatic carbocycles. The third-order valence-corrected chi connectivity index (χ3v) is 2.33. The summed E-state index contributed by atoms with van der Waals surface area (Å²) in [6.45, 7) is 2.09. The molecule has 0 N–H and O–H groups in total. The fourth-order valence-electron chi connectivity index (χ4n) is 1.27. The first-order valence-electron chi connectivity index (χ1n) is 4.92. The van der Waals surface area contributed by atoms with Crippen LogP contribution in [0.15, 0.2) is 6.07 Å². The first-order valence-corrected chi connectivity index (χ1v) is 5.30. The van der Waals surface area contributed by atoms with Crippen LogP contribution < -0.4 is 0 Å². The van der Waals surface area contributed by atoms with Crippen LogP contribution in [0.2, 0.25) is 5.15 Å². The van der Waals surface area contributed by atoms with Gasteiger partial charge in [-0.2, -0.15) is 0 Å². The van der Waals surface area contributed by atoms with Gasteiger partial charge in [0.2, 0.25) is 0 Å². The van der Waals surface area contributed by atoms with Gasteiger partial charge in [0.1, 0.15) is 11.0 Å². The van der Waals surface area contributed by atoms with E-state index < -0.39 is 5.97 Å². The molecule has 1 aromatic rings. The molecule has 0 spiro atoms. The first kappa shape index (κ1) is 10.4. The van der Waals surface area contributed by atoms with Crippen molar-refractivity contribution >= 4 is 17.6 Å². The number of hydrogen-bond acceptors (Lipinski definition) is 4. The van der Waals surface area contributed by atoms with Crippen LogP contribution in [-0.2, 0) is 4.74 Å². The van der Waals surface area contributed by atoms with E-state index in [-0.39, 0.29) is 5.69 Å². The van der Waals surface area contributed by atoms with Gasteiger partial charge in [0, 0.05) is 12.0 Å². The predicted octanol–water partition coefficient (Wildman–Crippen LogP) is 2.18. The highest BCUT2D eigenvalue weighted by Gasteiger charge is 2.28. The molecular formula is C10H11ClN2O2. The van der Waals surface area contributed by atoms with Crippen molar-refractivity contribution in [1.82, 2.24) is 9.97 Å². The largest absolute Gasteiger partial charge is 0.461 e. The van der Waals surface area contributed by atoms with Crippen molar-refractivity contribution in [1.29, 1.82) is 0 Å². The lowest BCUT2D eigenvalue weighted by Gasteiger charge is -2.03. The van der Waals surface area contributed by atoms with Crippen LogP contribution in [0.3, 0.4) is 0 Å². The summed E-state index contributed by atoms with van der Waals surface area (Å²) >= 11 is 5.81. The topological polar surface area (TPSA) is 52.1 Å². The second-order valence-electron chi connectivity index (χ2n) is 3.43. The minimum atomic E-state index is -0.441. The number of aromatic nitrogens is 2. The second-order valence-corrected chi connectivity index (χ2v) is 3.82. The maximum absolute atomic E-state index is 11.4. The van der Waals surface area contributed by atoms with Gasteiger partial charge in [-0.15, -0.1) is 0 Å². The van der Waals surface area contributed by atoms with Gasteiger partial charge in [0.25, 0.3) is 0 Å². The average Bonchev–Trinajstić information content (AvgIpc) is 3.00. The quantitative estimate of drug-likeness (QED) is 0.586. The summed E-state index contributed by atoms with van der Waals surface area (Å²) < 4.78 is 4.85. The normalized spacial score (nSPS) is 15.1. The van der Waals surface area contributed by atoms with Crippen molar-refractivity contribution in [3.05, 3.63) is 22.7 Å². The Labute approximate surface area is 92.6 Å². The van der Waals surface area contributed by atoms with Crippen LogP contribution in [0, 0.1) is 0 Å². The maximum Gasteiger partial charge on any atom is 0.357 e. The molecule has 15 heavy (non-hydrogen) atoms. The molecule has 1 saturated carbocycles. The summed E-state index contributed by atoms with van der Waals surface area (Å²) in [5.41, 5.74) is 0.249. The van der Waals surface area contributed by atoms with E-state index in [9.17, 15) is 4.79 Å². The van der Waals surface area contributed by atoms with Crippen LogP contribution in [-0.4, -0.2) is 22.5 Å². The lowest BCUT2D eigenvalue weighted by molar-refractivity contribution is 0.0519. The van der Waals surface area contributed by atoms with Gasteiger partial charge in [-0.25, -0.2) is 14.8 Å². The van der Waals surface area contributed by atoms with Gasteiger partial charge in [-0.1, -0.05) is 11.6 Å². The van der Waals surface area contributed by atoms with Crippen molar-refractivity contribution in [3.8, 4) is 0 Å². The fraction of sp³-hybridized carbons (Fsp3) is 0.500. The molecule has 4 nitrogen and oxygen atoms in total. The Morgan fingerprint density at radius 3 is 2.93 bits per heavy atom. The Kier molecular flexibility index (Phi) is 2.86. The minimum Gasteiger partial charge on any atom is -0.461 e. The molecule has 0 atom stereocenters. The Bertz CT molecular complexity index is 391.